The van der Waals surface area contributed by atoms with Crippen LogP contribution in [0.4, 0.5) is 5.69 Å². The Balaban J connectivity index is 1.71. The molecule has 0 atom stereocenters. The molecular weight excluding hydrogens is 320 g/mol. The van der Waals surface area contributed by atoms with Crippen LogP contribution in [0.15, 0.2) is 41.0 Å². The fraction of sp³-hybridized carbons (Fsp3) is 0.250. The van der Waals surface area contributed by atoms with Crippen molar-refractivity contribution in [3.8, 4) is 5.75 Å². The van der Waals surface area contributed by atoms with Crippen molar-refractivity contribution in [2.75, 3.05) is 19.0 Å². The molecule has 2 aromatic rings. The van der Waals surface area contributed by atoms with Gasteiger partial charge in [-0.05, 0) is 36.8 Å². The van der Waals surface area contributed by atoms with Crippen LogP contribution in [-0.2, 0) is 4.79 Å². The van der Waals surface area contributed by atoms with Crippen molar-refractivity contribution in [3.05, 3.63) is 47.4 Å². The zero-order valence-electron chi connectivity index (χ0n) is 12.6. The monoisotopic (exact) mass is 336 g/mol. The van der Waals surface area contributed by atoms with E-state index in [1.54, 1.807) is 30.3 Å². The molecule has 2 rings (SSSR count). The van der Waals surface area contributed by atoms with E-state index in [9.17, 15) is 9.59 Å². The van der Waals surface area contributed by atoms with Gasteiger partial charge in [0, 0.05) is 18.7 Å². The summed E-state index contributed by atoms with van der Waals surface area (Å²) in [7, 11) is 1.52. The number of carbonyl (C=O) groups excluding carboxylic acids is 2. The fourth-order valence-corrected chi connectivity index (χ4v) is 2.17. The maximum absolute atomic E-state index is 11.8. The summed E-state index contributed by atoms with van der Waals surface area (Å²) in [6, 6.07) is 8.23. The summed E-state index contributed by atoms with van der Waals surface area (Å²) in [5.74, 6) is 0.350. The highest BCUT2D eigenvalue weighted by atomic mass is 35.5. The van der Waals surface area contributed by atoms with E-state index in [4.69, 9.17) is 20.8 Å². The van der Waals surface area contributed by atoms with Gasteiger partial charge in [-0.25, -0.2) is 0 Å². The standard InChI is InChI=1S/C16H17ClN2O4/c1-22-13-7-6-11(10-12(13)17)19-15(20)5-2-8-18-16(21)14-4-3-9-23-14/h3-4,6-7,9-10H,2,5,8H2,1H3,(H,18,21)(H,19,20). The number of hydrogen-bond donors (Lipinski definition) is 2. The molecule has 1 aromatic heterocycles. The molecule has 7 heteroatoms. The number of hydrogen-bond acceptors (Lipinski definition) is 4. The third-order valence-electron chi connectivity index (χ3n) is 3.05. The maximum atomic E-state index is 11.8. The molecule has 23 heavy (non-hydrogen) atoms. The van der Waals surface area contributed by atoms with E-state index >= 15 is 0 Å². The number of halogens is 1. The summed E-state index contributed by atoms with van der Waals surface area (Å²) in [6.45, 7) is 0.385. The smallest absolute Gasteiger partial charge is 0.286 e. The number of amides is 2. The van der Waals surface area contributed by atoms with Crippen LogP contribution in [0.5, 0.6) is 5.75 Å². The first-order chi connectivity index (χ1) is 11.1. The second-order valence-corrected chi connectivity index (χ2v) is 5.14. The molecule has 0 aliphatic rings. The quantitative estimate of drug-likeness (QED) is 0.761. The molecule has 0 bridgehead atoms. The van der Waals surface area contributed by atoms with Gasteiger partial charge in [-0.3, -0.25) is 9.59 Å². The summed E-state index contributed by atoms with van der Waals surface area (Å²) in [6.07, 6.45) is 2.23. The Bertz CT molecular complexity index is 671. The van der Waals surface area contributed by atoms with Crippen molar-refractivity contribution in [2.24, 2.45) is 0 Å². The Labute approximate surface area is 138 Å². The van der Waals surface area contributed by atoms with Gasteiger partial charge >= 0.3 is 0 Å². The molecule has 6 nitrogen and oxygen atoms in total. The fourth-order valence-electron chi connectivity index (χ4n) is 1.91. The second kappa shape index (κ2) is 8.24. The molecular formula is C16H17ClN2O4. The zero-order valence-corrected chi connectivity index (χ0v) is 13.4. The van der Waals surface area contributed by atoms with Gasteiger partial charge in [-0.2, -0.15) is 0 Å². The van der Waals surface area contributed by atoms with E-state index in [2.05, 4.69) is 10.6 Å². The van der Waals surface area contributed by atoms with E-state index in [0.717, 1.165) is 0 Å². The lowest BCUT2D eigenvalue weighted by Gasteiger charge is -2.08. The first kappa shape index (κ1) is 16.9. The summed E-state index contributed by atoms with van der Waals surface area (Å²) < 4.78 is 10.0. The highest BCUT2D eigenvalue weighted by molar-refractivity contribution is 6.32. The molecule has 2 amide bonds. The summed E-state index contributed by atoms with van der Waals surface area (Å²) in [5.41, 5.74) is 0.598. The first-order valence-electron chi connectivity index (χ1n) is 7.05. The van der Waals surface area contributed by atoms with Crippen molar-refractivity contribution in [2.45, 2.75) is 12.8 Å². The van der Waals surface area contributed by atoms with Crippen molar-refractivity contribution in [1.82, 2.24) is 5.32 Å². The number of carbonyl (C=O) groups is 2. The largest absolute Gasteiger partial charge is 0.495 e. The van der Waals surface area contributed by atoms with Crippen LogP contribution in [0.3, 0.4) is 0 Å². The van der Waals surface area contributed by atoms with Crippen molar-refractivity contribution in [1.29, 1.82) is 0 Å². The highest BCUT2D eigenvalue weighted by Gasteiger charge is 2.08. The van der Waals surface area contributed by atoms with E-state index in [1.165, 1.54) is 13.4 Å². The number of furan rings is 1. The van der Waals surface area contributed by atoms with Crippen LogP contribution in [-0.4, -0.2) is 25.5 Å². The molecule has 0 spiro atoms. The van der Waals surface area contributed by atoms with Crippen molar-refractivity contribution >= 4 is 29.1 Å². The predicted octanol–water partition coefficient (Wildman–Crippen LogP) is 3.09. The lowest BCUT2D eigenvalue weighted by Crippen LogP contribution is -2.25. The third-order valence-corrected chi connectivity index (χ3v) is 3.34. The Kier molecular flexibility index (Phi) is 6.05. The number of anilines is 1. The molecule has 1 aromatic carbocycles. The van der Waals surface area contributed by atoms with Crippen LogP contribution in [0.2, 0.25) is 5.02 Å². The van der Waals surface area contributed by atoms with Crippen molar-refractivity contribution in [3.63, 3.8) is 0 Å². The van der Waals surface area contributed by atoms with Gasteiger partial charge < -0.3 is 19.8 Å². The molecule has 2 N–H and O–H groups in total. The minimum Gasteiger partial charge on any atom is -0.495 e. The molecule has 0 unspecified atom stereocenters. The molecule has 0 radical (unpaired) electrons. The predicted molar refractivity (Wildman–Crippen MR) is 86.9 cm³/mol. The Hall–Kier alpha value is -2.47. The minimum atomic E-state index is -0.294. The summed E-state index contributed by atoms with van der Waals surface area (Å²) in [4.78, 5) is 23.4. The zero-order chi connectivity index (χ0) is 16.7. The lowest BCUT2D eigenvalue weighted by atomic mass is 10.2. The number of ether oxygens (including phenoxy) is 1. The van der Waals surface area contributed by atoms with Crippen LogP contribution in [0.25, 0.3) is 0 Å². The van der Waals surface area contributed by atoms with E-state index < -0.39 is 0 Å². The van der Waals surface area contributed by atoms with E-state index in [-0.39, 0.29) is 24.0 Å². The van der Waals surface area contributed by atoms with E-state index in [1.807, 2.05) is 0 Å². The van der Waals surface area contributed by atoms with E-state index in [0.29, 0.717) is 29.4 Å². The Morgan fingerprint density at radius 2 is 2.13 bits per heavy atom. The van der Waals surface area contributed by atoms with Crippen molar-refractivity contribution < 1.29 is 18.7 Å². The van der Waals surface area contributed by atoms with Gasteiger partial charge in [0.05, 0.1) is 18.4 Å². The maximum Gasteiger partial charge on any atom is 0.286 e. The average Bonchev–Trinajstić information content (AvgIpc) is 3.06. The van der Waals surface area contributed by atoms with Gasteiger partial charge in [-0.15, -0.1) is 0 Å². The lowest BCUT2D eigenvalue weighted by molar-refractivity contribution is -0.116. The average molecular weight is 337 g/mol. The topological polar surface area (TPSA) is 80.6 Å². The van der Waals surface area contributed by atoms with Crippen LogP contribution in [0.1, 0.15) is 23.4 Å². The van der Waals surface area contributed by atoms with Gasteiger partial charge in [0.25, 0.3) is 5.91 Å². The molecule has 0 fully saturated rings. The second-order valence-electron chi connectivity index (χ2n) is 4.73. The summed E-state index contributed by atoms with van der Waals surface area (Å²) >= 11 is 5.99. The Morgan fingerprint density at radius 1 is 1.30 bits per heavy atom. The summed E-state index contributed by atoms with van der Waals surface area (Å²) in [5, 5.41) is 5.84. The van der Waals surface area contributed by atoms with Crippen LogP contribution < -0.4 is 15.4 Å². The Morgan fingerprint density at radius 3 is 2.78 bits per heavy atom. The number of rotatable bonds is 7. The van der Waals surface area contributed by atoms with Gasteiger partial charge in [0.1, 0.15) is 5.75 Å². The third kappa shape index (κ3) is 5.03. The molecule has 0 aliphatic heterocycles. The SMILES string of the molecule is COc1ccc(NC(=O)CCCNC(=O)c2ccco2)cc1Cl. The molecule has 1 heterocycles. The molecule has 0 aliphatic carbocycles. The normalized spacial score (nSPS) is 10.2. The number of methoxy groups -OCH3 is 1. The van der Waals surface area contributed by atoms with Crippen LogP contribution in [0, 0.1) is 0 Å². The van der Waals surface area contributed by atoms with Gasteiger partial charge in [-0.1, -0.05) is 11.6 Å². The molecule has 0 saturated heterocycles. The first-order valence-corrected chi connectivity index (χ1v) is 7.43. The van der Waals surface area contributed by atoms with Crippen LogP contribution >= 0.6 is 11.6 Å². The highest BCUT2D eigenvalue weighted by Crippen LogP contribution is 2.27. The van der Waals surface area contributed by atoms with Gasteiger partial charge in [0.15, 0.2) is 5.76 Å². The molecule has 0 saturated carbocycles. The number of nitrogens with one attached hydrogen (secondary N) is 2. The van der Waals surface area contributed by atoms with Gasteiger partial charge in [0.2, 0.25) is 5.91 Å². The number of benzene rings is 1. The minimum absolute atomic E-state index is 0.154. The molecule has 122 valence electrons.